The number of thioether (sulfide) groups is 1. The molecule has 2 amide bonds. The van der Waals surface area contributed by atoms with Gasteiger partial charge in [0.1, 0.15) is 0 Å². The average Bonchev–Trinajstić information content (AvgIpc) is 3.23. The zero-order valence-electron chi connectivity index (χ0n) is 17.4. The van der Waals surface area contributed by atoms with Crippen molar-refractivity contribution in [2.75, 3.05) is 11.1 Å². The van der Waals surface area contributed by atoms with Crippen LogP contribution >= 0.6 is 11.8 Å². The molecule has 1 heterocycles. The van der Waals surface area contributed by atoms with E-state index in [2.05, 4.69) is 15.5 Å². The van der Waals surface area contributed by atoms with Gasteiger partial charge in [-0.05, 0) is 42.8 Å². The molecule has 32 heavy (non-hydrogen) atoms. The summed E-state index contributed by atoms with van der Waals surface area (Å²) in [6.45, 7) is 1.78. The minimum atomic E-state index is -0.495. The number of anilines is 1. The molecule has 0 bridgehead atoms. The molecule has 0 aliphatic rings. The number of nitrogens with zero attached hydrogens (tertiary/aromatic N) is 3. The maximum atomic E-state index is 12.6. The van der Waals surface area contributed by atoms with Crippen molar-refractivity contribution in [3.05, 3.63) is 90.0 Å². The molecular weight excluding hydrogens is 422 g/mol. The van der Waals surface area contributed by atoms with Crippen LogP contribution in [0.4, 0.5) is 5.69 Å². The van der Waals surface area contributed by atoms with Gasteiger partial charge < -0.3 is 11.1 Å². The second kappa shape index (κ2) is 9.49. The van der Waals surface area contributed by atoms with Gasteiger partial charge in [-0.2, -0.15) is 0 Å². The van der Waals surface area contributed by atoms with Gasteiger partial charge in [0, 0.05) is 22.5 Å². The van der Waals surface area contributed by atoms with Crippen LogP contribution < -0.4 is 11.1 Å². The van der Waals surface area contributed by atoms with E-state index in [0.29, 0.717) is 27.8 Å². The first-order valence-corrected chi connectivity index (χ1v) is 10.9. The van der Waals surface area contributed by atoms with Crippen molar-refractivity contribution < 1.29 is 9.59 Å². The van der Waals surface area contributed by atoms with Crippen LogP contribution in [0.25, 0.3) is 17.1 Å². The Bertz CT molecular complexity index is 1260. The van der Waals surface area contributed by atoms with Crippen LogP contribution in [0.1, 0.15) is 15.9 Å². The molecule has 3 N–H and O–H groups in total. The highest BCUT2D eigenvalue weighted by atomic mass is 32.2. The molecule has 8 heteroatoms. The summed E-state index contributed by atoms with van der Waals surface area (Å²) in [6.07, 6.45) is 0. The summed E-state index contributed by atoms with van der Waals surface area (Å²) in [5.74, 6) is 0.170. The number of amides is 2. The van der Waals surface area contributed by atoms with Crippen LogP contribution in [-0.2, 0) is 4.79 Å². The maximum Gasteiger partial charge on any atom is 0.248 e. The molecule has 0 unspecified atom stereocenters. The van der Waals surface area contributed by atoms with Crippen LogP contribution in [0.3, 0.4) is 0 Å². The summed E-state index contributed by atoms with van der Waals surface area (Å²) in [7, 11) is 0. The largest absolute Gasteiger partial charge is 0.366 e. The van der Waals surface area contributed by atoms with Crippen LogP contribution in [0.2, 0.25) is 0 Å². The van der Waals surface area contributed by atoms with E-state index in [1.807, 2.05) is 65.2 Å². The molecular formula is C24H21N5O2S. The molecule has 7 nitrogen and oxygen atoms in total. The Labute approximate surface area is 189 Å². The molecule has 160 valence electrons. The van der Waals surface area contributed by atoms with E-state index >= 15 is 0 Å². The predicted octanol–water partition coefficient (Wildman–Crippen LogP) is 4.07. The molecule has 1 aromatic heterocycles. The van der Waals surface area contributed by atoms with Gasteiger partial charge in [-0.25, -0.2) is 0 Å². The lowest BCUT2D eigenvalue weighted by molar-refractivity contribution is -0.113. The molecule has 0 aliphatic heterocycles. The minimum Gasteiger partial charge on any atom is -0.366 e. The van der Waals surface area contributed by atoms with E-state index < -0.39 is 5.91 Å². The Morgan fingerprint density at radius 1 is 0.969 bits per heavy atom. The number of para-hydroxylation sites is 1. The van der Waals surface area contributed by atoms with E-state index in [-0.39, 0.29) is 11.7 Å². The standard InChI is InChI=1S/C24H21N5O2S/c1-16-14-18(12-13-20(16)22(25)31)26-21(30)15-32-24-28-27-23(17-8-4-2-5-9-17)29(24)19-10-6-3-7-11-19/h2-14H,15H2,1H3,(H2,25,31)(H,26,30). The highest BCUT2D eigenvalue weighted by Gasteiger charge is 2.17. The van der Waals surface area contributed by atoms with Crippen LogP contribution in [-0.4, -0.2) is 32.3 Å². The Morgan fingerprint density at radius 2 is 1.66 bits per heavy atom. The fourth-order valence-corrected chi connectivity index (χ4v) is 4.04. The summed E-state index contributed by atoms with van der Waals surface area (Å²) in [5.41, 5.74) is 8.93. The van der Waals surface area contributed by atoms with Crippen molar-refractivity contribution >= 4 is 29.3 Å². The third kappa shape index (κ3) is 4.70. The van der Waals surface area contributed by atoms with Crippen molar-refractivity contribution in [1.82, 2.24) is 14.8 Å². The first-order valence-electron chi connectivity index (χ1n) is 9.92. The zero-order valence-corrected chi connectivity index (χ0v) is 18.2. The Balaban J connectivity index is 1.53. The van der Waals surface area contributed by atoms with Gasteiger partial charge in [-0.15, -0.1) is 10.2 Å². The first-order chi connectivity index (χ1) is 15.5. The quantitative estimate of drug-likeness (QED) is 0.419. The highest BCUT2D eigenvalue weighted by molar-refractivity contribution is 7.99. The molecule has 0 aliphatic carbocycles. The molecule has 0 fully saturated rings. The summed E-state index contributed by atoms with van der Waals surface area (Å²) >= 11 is 1.30. The van der Waals surface area contributed by atoms with Crippen molar-refractivity contribution in [1.29, 1.82) is 0 Å². The number of hydrogen-bond donors (Lipinski definition) is 2. The predicted molar refractivity (Wildman–Crippen MR) is 126 cm³/mol. The Hall–Kier alpha value is -3.91. The summed E-state index contributed by atoms with van der Waals surface area (Å²) in [4.78, 5) is 23.9. The second-order valence-corrected chi connectivity index (χ2v) is 8.02. The number of benzene rings is 3. The molecule has 4 aromatic rings. The fourth-order valence-electron chi connectivity index (χ4n) is 3.29. The number of hydrogen-bond acceptors (Lipinski definition) is 5. The fraction of sp³-hybridized carbons (Fsp3) is 0.0833. The van der Waals surface area contributed by atoms with Crippen molar-refractivity contribution in [2.24, 2.45) is 5.73 Å². The van der Waals surface area contributed by atoms with Gasteiger partial charge in [0.25, 0.3) is 0 Å². The molecule has 0 radical (unpaired) electrons. The summed E-state index contributed by atoms with van der Waals surface area (Å²) in [5, 5.41) is 12.2. The van der Waals surface area contributed by atoms with Gasteiger partial charge in [-0.1, -0.05) is 60.3 Å². The summed E-state index contributed by atoms with van der Waals surface area (Å²) in [6, 6.07) is 24.6. The first kappa shape index (κ1) is 21.3. The smallest absolute Gasteiger partial charge is 0.248 e. The van der Waals surface area contributed by atoms with E-state index in [9.17, 15) is 9.59 Å². The number of rotatable bonds is 7. The number of primary amides is 1. The highest BCUT2D eigenvalue weighted by Crippen LogP contribution is 2.28. The van der Waals surface area contributed by atoms with Gasteiger partial charge >= 0.3 is 0 Å². The molecule has 0 saturated carbocycles. The SMILES string of the molecule is Cc1cc(NC(=O)CSc2nnc(-c3ccccc3)n2-c2ccccc2)ccc1C(N)=O. The maximum absolute atomic E-state index is 12.6. The number of nitrogens with two attached hydrogens (primary N) is 1. The van der Waals surface area contributed by atoms with Crippen LogP contribution in [0, 0.1) is 6.92 Å². The Kier molecular flexibility index (Phi) is 6.32. The number of carbonyl (C=O) groups excluding carboxylic acids is 2. The van der Waals surface area contributed by atoms with Gasteiger partial charge in [0.2, 0.25) is 11.8 Å². The van der Waals surface area contributed by atoms with Crippen molar-refractivity contribution in [3.63, 3.8) is 0 Å². The number of aromatic nitrogens is 3. The van der Waals surface area contributed by atoms with E-state index in [0.717, 1.165) is 11.3 Å². The molecule has 4 rings (SSSR count). The van der Waals surface area contributed by atoms with Crippen molar-refractivity contribution in [2.45, 2.75) is 12.1 Å². The van der Waals surface area contributed by atoms with E-state index in [1.54, 1.807) is 25.1 Å². The second-order valence-electron chi connectivity index (χ2n) is 7.07. The van der Waals surface area contributed by atoms with Gasteiger partial charge in [0.15, 0.2) is 11.0 Å². The van der Waals surface area contributed by atoms with Crippen LogP contribution in [0.15, 0.2) is 84.0 Å². The summed E-state index contributed by atoms with van der Waals surface area (Å²) < 4.78 is 1.94. The monoisotopic (exact) mass is 443 g/mol. The normalized spacial score (nSPS) is 10.7. The number of nitrogens with one attached hydrogen (secondary N) is 1. The molecule has 3 aromatic carbocycles. The zero-order chi connectivity index (χ0) is 22.5. The lowest BCUT2D eigenvalue weighted by Gasteiger charge is -2.11. The lowest BCUT2D eigenvalue weighted by atomic mass is 10.1. The average molecular weight is 444 g/mol. The molecule has 0 saturated heterocycles. The van der Waals surface area contributed by atoms with E-state index in [4.69, 9.17) is 5.73 Å². The van der Waals surface area contributed by atoms with Crippen molar-refractivity contribution in [3.8, 4) is 17.1 Å². The third-order valence-corrected chi connectivity index (χ3v) is 5.72. The third-order valence-electron chi connectivity index (χ3n) is 4.79. The van der Waals surface area contributed by atoms with Gasteiger partial charge in [0.05, 0.1) is 5.75 Å². The van der Waals surface area contributed by atoms with E-state index in [1.165, 1.54) is 11.8 Å². The van der Waals surface area contributed by atoms with Crippen LogP contribution in [0.5, 0.6) is 0 Å². The molecule has 0 spiro atoms. The Morgan fingerprint density at radius 3 is 2.31 bits per heavy atom. The lowest BCUT2D eigenvalue weighted by Crippen LogP contribution is -2.16. The molecule has 0 atom stereocenters. The number of aryl methyl sites for hydroxylation is 1. The number of carbonyl (C=O) groups is 2. The van der Waals surface area contributed by atoms with Gasteiger partial charge in [-0.3, -0.25) is 14.2 Å². The topological polar surface area (TPSA) is 103 Å². The minimum absolute atomic E-state index is 0.149.